The standard InChI is InChI=1S/C5H11N3O3/c1-8(5(6)7-10)3-4(9)11-2/h10H,3H2,1-2H3,(H2,6,7). The molecule has 0 atom stereocenters. The van der Waals surface area contributed by atoms with Crippen LogP contribution in [-0.2, 0) is 9.53 Å². The third kappa shape index (κ3) is 3.29. The van der Waals surface area contributed by atoms with Crippen LogP contribution in [0, 0.1) is 0 Å². The van der Waals surface area contributed by atoms with Gasteiger partial charge in [0, 0.05) is 7.05 Å². The Bertz CT molecular complexity index is 168. The van der Waals surface area contributed by atoms with Crippen LogP contribution >= 0.6 is 0 Å². The van der Waals surface area contributed by atoms with Crippen molar-refractivity contribution in [3.8, 4) is 0 Å². The number of guanidine groups is 1. The molecule has 0 radical (unpaired) electrons. The molecule has 0 aromatic carbocycles. The molecule has 0 spiro atoms. The first-order valence-electron chi connectivity index (χ1n) is 2.87. The van der Waals surface area contributed by atoms with E-state index in [2.05, 4.69) is 9.89 Å². The van der Waals surface area contributed by atoms with Gasteiger partial charge in [0.2, 0.25) is 5.96 Å². The maximum absolute atomic E-state index is 10.6. The summed E-state index contributed by atoms with van der Waals surface area (Å²) in [6.45, 7) is -0.0353. The molecule has 0 fully saturated rings. The molecular weight excluding hydrogens is 150 g/mol. The Morgan fingerprint density at radius 1 is 1.82 bits per heavy atom. The maximum atomic E-state index is 10.6. The van der Waals surface area contributed by atoms with Gasteiger partial charge in [-0.25, -0.2) is 0 Å². The lowest BCUT2D eigenvalue weighted by Crippen LogP contribution is -2.37. The van der Waals surface area contributed by atoms with E-state index in [1.807, 2.05) is 0 Å². The number of esters is 1. The summed E-state index contributed by atoms with van der Waals surface area (Å²) < 4.78 is 4.34. The monoisotopic (exact) mass is 161 g/mol. The van der Waals surface area contributed by atoms with Crippen molar-refractivity contribution < 1.29 is 14.7 Å². The van der Waals surface area contributed by atoms with Gasteiger partial charge in [-0.2, -0.15) is 0 Å². The van der Waals surface area contributed by atoms with Crippen molar-refractivity contribution in [2.24, 2.45) is 10.9 Å². The van der Waals surface area contributed by atoms with Crippen LogP contribution < -0.4 is 5.73 Å². The van der Waals surface area contributed by atoms with Crippen molar-refractivity contribution in [1.82, 2.24) is 4.90 Å². The van der Waals surface area contributed by atoms with Crippen molar-refractivity contribution in [1.29, 1.82) is 0 Å². The van der Waals surface area contributed by atoms with Crippen LogP contribution in [-0.4, -0.2) is 42.7 Å². The first-order valence-corrected chi connectivity index (χ1v) is 2.87. The number of carbonyl (C=O) groups excluding carboxylic acids is 1. The molecule has 64 valence electrons. The number of nitrogens with zero attached hydrogens (tertiary/aromatic N) is 2. The Kier molecular flexibility index (Phi) is 3.79. The molecule has 0 rings (SSSR count). The van der Waals surface area contributed by atoms with E-state index in [1.165, 1.54) is 19.1 Å². The normalized spacial score (nSPS) is 10.9. The fourth-order valence-corrected chi connectivity index (χ4v) is 0.416. The predicted octanol–water partition coefficient (Wildman–Crippen LogP) is -1.20. The number of nitrogens with two attached hydrogens (primary N) is 1. The summed E-state index contributed by atoms with van der Waals surface area (Å²) in [5, 5.41) is 10.8. The van der Waals surface area contributed by atoms with Gasteiger partial charge >= 0.3 is 5.97 Å². The topological polar surface area (TPSA) is 88.2 Å². The summed E-state index contributed by atoms with van der Waals surface area (Å²) in [5.74, 6) is -0.575. The van der Waals surface area contributed by atoms with E-state index >= 15 is 0 Å². The smallest absolute Gasteiger partial charge is 0.325 e. The number of rotatable bonds is 2. The Labute approximate surface area is 64.2 Å². The summed E-state index contributed by atoms with van der Waals surface area (Å²) in [6.07, 6.45) is 0. The molecule has 0 unspecified atom stereocenters. The quantitative estimate of drug-likeness (QED) is 0.174. The summed E-state index contributed by atoms with van der Waals surface area (Å²) in [6, 6.07) is 0. The highest BCUT2D eigenvalue weighted by Gasteiger charge is 2.07. The average Bonchev–Trinajstić information content (AvgIpc) is 2.02. The van der Waals surface area contributed by atoms with Gasteiger partial charge in [-0.15, -0.1) is 0 Å². The van der Waals surface area contributed by atoms with E-state index in [0.29, 0.717) is 0 Å². The lowest BCUT2D eigenvalue weighted by molar-refractivity contribution is -0.140. The highest BCUT2D eigenvalue weighted by atomic mass is 16.5. The summed E-state index contributed by atoms with van der Waals surface area (Å²) in [7, 11) is 2.77. The van der Waals surface area contributed by atoms with E-state index in [0.717, 1.165) is 0 Å². The number of methoxy groups -OCH3 is 1. The zero-order valence-corrected chi connectivity index (χ0v) is 6.44. The number of oxime groups is 1. The molecule has 0 saturated heterocycles. The first-order chi connectivity index (χ1) is 5.11. The third-order valence-electron chi connectivity index (χ3n) is 1.09. The van der Waals surface area contributed by atoms with Crippen LogP contribution in [0.5, 0.6) is 0 Å². The average molecular weight is 161 g/mol. The zero-order chi connectivity index (χ0) is 8.85. The molecule has 0 amide bonds. The van der Waals surface area contributed by atoms with E-state index < -0.39 is 5.97 Å². The molecule has 6 heteroatoms. The lowest BCUT2D eigenvalue weighted by Gasteiger charge is -2.13. The molecule has 0 bridgehead atoms. The highest BCUT2D eigenvalue weighted by Crippen LogP contribution is 1.82. The number of hydrogen-bond acceptors (Lipinski definition) is 4. The second-order valence-corrected chi connectivity index (χ2v) is 1.89. The van der Waals surface area contributed by atoms with Crippen LogP contribution in [0.25, 0.3) is 0 Å². The van der Waals surface area contributed by atoms with Crippen LogP contribution in [0.15, 0.2) is 5.16 Å². The Morgan fingerprint density at radius 2 is 2.36 bits per heavy atom. The second kappa shape index (κ2) is 4.37. The minimum atomic E-state index is -0.445. The molecule has 0 aliphatic heterocycles. The summed E-state index contributed by atoms with van der Waals surface area (Å²) in [5.41, 5.74) is 5.14. The van der Waals surface area contributed by atoms with Crippen LogP contribution in [0.3, 0.4) is 0 Å². The molecule has 0 saturated carbocycles. The van der Waals surface area contributed by atoms with Gasteiger partial charge in [0.25, 0.3) is 0 Å². The van der Waals surface area contributed by atoms with Gasteiger partial charge in [-0.1, -0.05) is 5.16 Å². The van der Waals surface area contributed by atoms with Gasteiger partial charge in [0.05, 0.1) is 7.11 Å². The van der Waals surface area contributed by atoms with E-state index in [4.69, 9.17) is 10.9 Å². The molecule has 3 N–H and O–H groups in total. The molecule has 11 heavy (non-hydrogen) atoms. The van der Waals surface area contributed by atoms with Gasteiger partial charge in [0.1, 0.15) is 6.54 Å². The fraction of sp³-hybridized carbons (Fsp3) is 0.600. The van der Waals surface area contributed by atoms with Gasteiger partial charge < -0.3 is 20.6 Å². The predicted molar refractivity (Wildman–Crippen MR) is 38.1 cm³/mol. The first kappa shape index (κ1) is 9.54. The number of ether oxygens (including phenoxy) is 1. The molecule has 0 heterocycles. The molecule has 6 nitrogen and oxygen atoms in total. The maximum Gasteiger partial charge on any atom is 0.325 e. The number of hydrogen-bond donors (Lipinski definition) is 2. The Hall–Kier alpha value is -1.46. The minimum Gasteiger partial charge on any atom is -0.468 e. The molecule has 0 aromatic rings. The van der Waals surface area contributed by atoms with Crippen molar-refractivity contribution in [2.45, 2.75) is 0 Å². The highest BCUT2D eigenvalue weighted by molar-refractivity contribution is 5.82. The summed E-state index contributed by atoms with van der Waals surface area (Å²) >= 11 is 0. The van der Waals surface area contributed by atoms with Crippen molar-refractivity contribution in [2.75, 3.05) is 20.7 Å². The lowest BCUT2D eigenvalue weighted by atomic mass is 10.6. The van der Waals surface area contributed by atoms with E-state index in [9.17, 15) is 4.79 Å². The molecule has 0 aliphatic carbocycles. The fourth-order valence-electron chi connectivity index (χ4n) is 0.416. The summed E-state index contributed by atoms with van der Waals surface area (Å²) in [4.78, 5) is 11.8. The van der Waals surface area contributed by atoms with Crippen LogP contribution in [0.4, 0.5) is 0 Å². The van der Waals surface area contributed by atoms with Crippen LogP contribution in [0.2, 0.25) is 0 Å². The zero-order valence-electron chi connectivity index (χ0n) is 6.44. The molecule has 0 aromatic heterocycles. The van der Waals surface area contributed by atoms with Crippen molar-refractivity contribution in [3.63, 3.8) is 0 Å². The second-order valence-electron chi connectivity index (χ2n) is 1.89. The van der Waals surface area contributed by atoms with Crippen molar-refractivity contribution in [3.05, 3.63) is 0 Å². The SMILES string of the molecule is COC(=O)CN(C)/C(N)=N/O. The number of likely N-dealkylation sites (N-methyl/N-ethyl adjacent to an activating group) is 1. The third-order valence-corrected chi connectivity index (χ3v) is 1.09. The van der Waals surface area contributed by atoms with E-state index in [-0.39, 0.29) is 12.5 Å². The molecular formula is C5H11N3O3. The van der Waals surface area contributed by atoms with Gasteiger partial charge in [-0.3, -0.25) is 4.79 Å². The Morgan fingerprint density at radius 3 is 2.73 bits per heavy atom. The number of carbonyl (C=O) groups is 1. The van der Waals surface area contributed by atoms with Crippen molar-refractivity contribution >= 4 is 11.9 Å². The molecule has 0 aliphatic rings. The van der Waals surface area contributed by atoms with Gasteiger partial charge in [0.15, 0.2) is 0 Å². The van der Waals surface area contributed by atoms with Gasteiger partial charge in [-0.05, 0) is 0 Å². The van der Waals surface area contributed by atoms with E-state index in [1.54, 1.807) is 0 Å². The minimum absolute atomic E-state index is 0.0353. The Balaban J connectivity index is 3.87. The largest absolute Gasteiger partial charge is 0.468 e. The van der Waals surface area contributed by atoms with Crippen LogP contribution in [0.1, 0.15) is 0 Å².